The summed E-state index contributed by atoms with van der Waals surface area (Å²) >= 11 is 0. The summed E-state index contributed by atoms with van der Waals surface area (Å²) < 4.78 is 0. The van der Waals surface area contributed by atoms with Crippen LogP contribution in [0.1, 0.15) is 12.8 Å². The average Bonchev–Trinajstić information content (AvgIpc) is 2.04. The van der Waals surface area contributed by atoms with E-state index in [4.69, 9.17) is 6.42 Å². The first kappa shape index (κ1) is 9.57. The summed E-state index contributed by atoms with van der Waals surface area (Å²) in [5.41, 5.74) is 0. The number of nitrogens with zero attached hydrogens (tertiary/aromatic N) is 2. The molecule has 0 N–H and O–H groups in total. The van der Waals surface area contributed by atoms with Crippen LogP contribution in [0.3, 0.4) is 0 Å². The Hall–Kier alpha value is -1.43. The SMILES string of the molecule is C#CC(=O)CCCN=NC=C. The predicted molar refractivity (Wildman–Crippen MR) is 43.0 cm³/mol. The number of Topliss-reactive ketones (excluding diaryl/α,β-unsaturated/α-hetero) is 1. The van der Waals surface area contributed by atoms with Crippen LogP contribution in [0.5, 0.6) is 0 Å². The summed E-state index contributed by atoms with van der Waals surface area (Å²) in [6.45, 7) is 3.88. The zero-order valence-corrected chi connectivity index (χ0v) is 6.29. The lowest BCUT2D eigenvalue weighted by atomic mass is 10.2. The molecule has 0 rings (SSSR count). The molecule has 0 saturated carbocycles. The Morgan fingerprint density at radius 2 is 2.45 bits per heavy atom. The Kier molecular flexibility index (Phi) is 5.82. The predicted octanol–water partition coefficient (Wildman–Crippen LogP) is 1.56. The largest absolute Gasteiger partial charge is 0.285 e. The molecule has 58 valence electrons. The fraction of sp³-hybridized carbons (Fsp3) is 0.375. The van der Waals surface area contributed by atoms with E-state index < -0.39 is 0 Å². The molecular formula is C8H10N2O. The molecule has 0 heterocycles. The Morgan fingerprint density at radius 1 is 1.73 bits per heavy atom. The molecule has 0 unspecified atom stereocenters. The van der Waals surface area contributed by atoms with E-state index in [0.29, 0.717) is 19.4 Å². The second-order valence-electron chi connectivity index (χ2n) is 1.83. The van der Waals surface area contributed by atoms with E-state index in [1.165, 1.54) is 6.20 Å². The molecule has 0 radical (unpaired) electrons. The van der Waals surface area contributed by atoms with E-state index in [1.54, 1.807) is 0 Å². The van der Waals surface area contributed by atoms with Gasteiger partial charge in [0.1, 0.15) is 0 Å². The average molecular weight is 150 g/mol. The van der Waals surface area contributed by atoms with Crippen LogP contribution in [0.4, 0.5) is 0 Å². The first-order valence-electron chi connectivity index (χ1n) is 3.28. The van der Waals surface area contributed by atoms with Crippen molar-refractivity contribution in [2.75, 3.05) is 6.54 Å². The number of azo groups is 1. The van der Waals surface area contributed by atoms with Crippen LogP contribution in [0.15, 0.2) is 23.0 Å². The fourth-order valence-electron chi connectivity index (χ4n) is 0.498. The summed E-state index contributed by atoms with van der Waals surface area (Å²) in [5, 5.41) is 7.20. The number of terminal acetylenes is 1. The number of hydrogen-bond acceptors (Lipinski definition) is 3. The molecule has 0 bridgehead atoms. The van der Waals surface area contributed by atoms with Gasteiger partial charge in [-0.05, 0) is 12.3 Å². The van der Waals surface area contributed by atoms with Crippen molar-refractivity contribution in [3.05, 3.63) is 12.8 Å². The smallest absolute Gasteiger partial charge is 0.205 e. The minimum atomic E-state index is -0.182. The maximum absolute atomic E-state index is 10.5. The molecular weight excluding hydrogens is 140 g/mol. The van der Waals surface area contributed by atoms with Gasteiger partial charge in [-0.3, -0.25) is 4.79 Å². The van der Waals surface area contributed by atoms with E-state index in [-0.39, 0.29) is 5.78 Å². The third-order valence-corrected chi connectivity index (χ3v) is 0.986. The van der Waals surface area contributed by atoms with Crippen LogP contribution in [0.25, 0.3) is 0 Å². The number of ketones is 1. The molecule has 0 aliphatic heterocycles. The van der Waals surface area contributed by atoms with E-state index >= 15 is 0 Å². The summed E-state index contributed by atoms with van der Waals surface area (Å²) in [7, 11) is 0. The van der Waals surface area contributed by atoms with Crippen LogP contribution >= 0.6 is 0 Å². The summed E-state index contributed by atoms with van der Waals surface area (Å²) in [6, 6.07) is 0. The fourth-order valence-corrected chi connectivity index (χ4v) is 0.498. The maximum Gasteiger partial charge on any atom is 0.205 e. The monoisotopic (exact) mass is 150 g/mol. The number of hydrogen-bond donors (Lipinski definition) is 0. The van der Waals surface area contributed by atoms with Gasteiger partial charge in [0.2, 0.25) is 5.78 Å². The van der Waals surface area contributed by atoms with Gasteiger partial charge in [-0.15, -0.1) is 6.42 Å². The van der Waals surface area contributed by atoms with Crippen molar-refractivity contribution in [3.63, 3.8) is 0 Å². The molecule has 0 aromatic carbocycles. The van der Waals surface area contributed by atoms with Crippen molar-refractivity contribution in [2.24, 2.45) is 10.2 Å². The van der Waals surface area contributed by atoms with Gasteiger partial charge in [0, 0.05) is 12.6 Å². The second-order valence-corrected chi connectivity index (χ2v) is 1.83. The first-order valence-corrected chi connectivity index (χ1v) is 3.28. The molecule has 0 fully saturated rings. The Balaban J connectivity index is 3.29. The van der Waals surface area contributed by atoms with Gasteiger partial charge < -0.3 is 0 Å². The van der Waals surface area contributed by atoms with Gasteiger partial charge in [-0.2, -0.15) is 10.2 Å². The van der Waals surface area contributed by atoms with E-state index in [1.807, 2.05) is 5.92 Å². The molecule has 3 heteroatoms. The van der Waals surface area contributed by atoms with Crippen LogP contribution in [-0.4, -0.2) is 12.3 Å². The summed E-state index contributed by atoms with van der Waals surface area (Å²) in [4.78, 5) is 10.5. The third-order valence-electron chi connectivity index (χ3n) is 0.986. The molecule has 0 aliphatic carbocycles. The van der Waals surface area contributed by atoms with Crippen molar-refractivity contribution in [1.29, 1.82) is 0 Å². The molecule has 0 amide bonds. The van der Waals surface area contributed by atoms with E-state index in [9.17, 15) is 4.79 Å². The topological polar surface area (TPSA) is 41.8 Å². The van der Waals surface area contributed by atoms with Crippen molar-refractivity contribution in [3.8, 4) is 12.3 Å². The normalized spacial score (nSPS) is 9.36. The Bertz CT molecular complexity index is 201. The second kappa shape index (κ2) is 6.69. The number of rotatable bonds is 5. The lowest BCUT2D eigenvalue weighted by molar-refractivity contribution is -0.113. The van der Waals surface area contributed by atoms with Crippen molar-refractivity contribution in [1.82, 2.24) is 0 Å². The summed E-state index contributed by atoms with van der Waals surface area (Å²) in [6.07, 6.45) is 7.23. The van der Waals surface area contributed by atoms with Crippen LogP contribution < -0.4 is 0 Å². The molecule has 0 atom stereocenters. The van der Waals surface area contributed by atoms with Gasteiger partial charge in [0.15, 0.2) is 0 Å². The molecule has 0 saturated heterocycles. The first-order chi connectivity index (χ1) is 5.31. The highest BCUT2D eigenvalue weighted by Gasteiger charge is 1.93. The highest BCUT2D eigenvalue weighted by atomic mass is 16.1. The number of carbonyl (C=O) groups is 1. The number of carbonyl (C=O) groups excluding carboxylic acids is 1. The van der Waals surface area contributed by atoms with Crippen molar-refractivity contribution < 1.29 is 4.79 Å². The summed E-state index contributed by atoms with van der Waals surface area (Å²) in [5.74, 6) is 1.84. The molecule has 0 spiro atoms. The van der Waals surface area contributed by atoms with Gasteiger partial charge in [-0.25, -0.2) is 0 Å². The zero-order valence-electron chi connectivity index (χ0n) is 6.29. The van der Waals surface area contributed by atoms with Crippen LogP contribution in [0.2, 0.25) is 0 Å². The molecule has 0 aromatic heterocycles. The minimum Gasteiger partial charge on any atom is -0.285 e. The van der Waals surface area contributed by atoms with Gasteiger partial charge >= 0.3 is 0 Å². The maximum atomic E-state index is 10.5. The van der Waals surface area contributed by atoms with E-state index in [2.05, 4.69) is 16.8 Å². The minimum absolute atomic E-state index is 0.182. The van der Waals surface area contributed by atoms with Crippen LogP contribution in [0, 0.1) is 12.3 Å². The van der Waals surface area contributed by atoms with Gasteiger partial charge in [0.25, 0.3) is 0 Å². The van der Waals surface area contributed by atoms with E-state index in [0.717, 1.165) is 0 Å². The molecule has 0 aliphatic rings. The molecule has 0 aromatic rings. The van der Waals surface area contributed by atoms with Gasteiger partial charge in [-0.1, -0.05) is 6.58 Å². The lowest BCUT2D eigenvalue weighted by Gasteiger charge is -1.88. The van der Waals surface area contributed by atoms with Crippen LogP contribution in [-0.2, 0) is 4.79 Å². The highest BCUT2D eigenvalue weighted by Crippen LogP contribution is 1.91. The van der Waals surface area contributed by atoms with Crippen molar-refractivity contribution >= 4 is 5.78 Å². The molecule has 3 nitrogen and oxygen atoms in total. The highest BCUT2D eigenvalue weighted by molar-refractivity contribution is 5.94. The van der Waals surface area contributed by atoms with Crippen molar-refractivity contribution in [2.45, 2.75) is 12.8 Å². The third kappa shape index (κ3) is 6.46. The standard InChI is InChI=1S/C8H10N2O/c1-3-8(11)6-5-7-10-9-4-2/h1,4H,2,5-7H2. The zero-order chi connectivity index (χ0) is 8.53. The Morgan fingerprint density at radius 3 is 3.00 bits per heavy atom. The Labute approximate surface area is 66.2 Å². The quantitative estimate of drug-likeness (QED) is 0.254. The lowest BCUT2D eigenvalue weighted by Crippen LogP contribution is -1.93. The van der Waals surface area contributed by atoms with Gasteiger partial charge in [0.05, 0.1) is 6.54 Å². The molecule has 11 heavy (non-hydrogen) atoms.